The summed E-state index contributed by atoms with van der Waals surface area (Å²) < 4.78 is 24.5. The van der Waals surface area contributed by atoms with Gasteiger partial charge in [0.15, 0.2) is 11.6 Å². The molecule has 8 nitrogen and oxygen atoms in total. The highest BCUT2D eigenvalue weighted by molar-refractivity contribution is 7.89. The number of sulfonamides is 1. The number of hydrogen-bond acceptors (Lipinski definition) is 6. The highest BCUT2D eigenvalue weighted by Crippen LogP contribution is 2.21. The Labute approximate surface area is 135 Å². The second-order valence-corrected chi connectivity index (χ2v) is 7.71. The molecule has 0 aromatic carbocycles. The normalized spacial score (nSPS) is 16.7. The summed E-state index contributed by atoms with van der Waals surface area (Å²) in [5.41, 5.74) is 1.93. The number of nitrogens with zero attached hydrogens (tertiary/aromatic N) is 5. The van der Waals surface area contributed by atoms with Gasteiger partial charge in [-0.05, 0) is 44.9 Å². The van der Waals surface area contributed by atoms with Gasteiger partial charge in [0, 0.05) is 18.8 Å². The number of piperidine rings is 1. The molecule has 0 amide bonds. The van der Waals surface area contributed by atoms with Gasteiger partial charge in [-0.25, -0.2) is 18.2 Å². The molecular weight excluding hydrogens is 316 g/mol. The molecule has 0 bridgehead atoms. The molecule has 0 atom stereocenters. The van der Waals surface area contributed by atoms with Gasteiger partial charge in [0.2, 0.25) is 10.0 Å². The summed E-state index contributed by atoms with van der Waals surface area (Å²) >= 11 is 0. The molecule has 0 saturated carbocycles. The van der Waals surface area contributed by atoms with Crippen molar-refractivity contribution in [3.05, 3.63) is 29.6 Å². The second kappa shape index (κ2) is 5.89. The summed E-state index contributed by atoms with van der Waals surface area (Å²) in [4.78, 5) is 2.03. The molecule has 3 heterocycles. The van der Waals surface area contributed by atoms with Crippen LogP contribution >= 0.6 is 0 Å². The summed E-state index contributed by atoms with van der Waals surface area (Å²) in [5.74, 6) is 1.40. The SMILES string of the molecule is Cc1cc(C)n(-c2ccc(N3CCC(S(N)(=O)=O)CC3)nn2)n1. The first-order valence-electron chi connectivity index (χ1n) is 7.48. The largest absolute Gasteiger partial charge is 0.355 e. The smallest absolute Gasteiger partial charge is 0.212 e. The maximum Gasteiger partial charge on any atom is 0.212 e. The van der Waals surface area contributed by atoms with E-state index in [2.05, 4.69) is 15.3 Å². The van der Waals surface area contributed by atoms with Crippen molar-refractivity contribution in [2.45, 2.75) is 31.9 Å². The van der Waals surface area contributed by atoms with Crippen LogP contribution in [0.25, 0.3) is 5.82 Å². The predicted molar refractivity (Wildman–Crippen MR) is 87.0 cm³/mol. The van der Waals surface area contributed by atoms with E-state index in [9.17, 15) is 8.42 Å². The van der Waals surface area contributed by atoms with Gasteiger partial charge >= 0.3 is 0 Å². The van der Waals surface area contributed by atoms with Crippen molar-refractivity contribution < 1.29 is 8.42 Å². The van der Waals surface area contributed by atoms with Crippen LogP contribution < -0.4 is 10.0 Å². The molecule has 0 spiro atoms. The van der Waals surface area contributed by atoms with E-state index in [4.69, 9.17) is 5.14 Å². The van der Waals surface area contributed by atoms with Gasteiger partial charge in [0.25, 0.3) is 0 Å². The van der Waals surface area contributed by atoms with Gasteiger partial charge in [-0.2, -0.15) is 5.10 Å². The fourth-order valence-corrected chi connectivity index (χ4v) is 3.74. The monoisotopic (exact) mass is 336 g/mol. The van der Waals surface area contributed by atoms with Crippen molar-refractivity contribution >= 4 is 15.8 Å². The molecule has 1 fully saturated rings. The van der Waals surface area contributed by atoms with Crippen LogP contribution in [0.5, 0.6) is 0 Å². The van der Waals surface area contributed by atoms with E-state index in [1.807, 2.05) is 36.9 Å². The predicted octanol–water partition coefficient (Wildman–Crippen LogP) is 0.536. The Hall–Kier alpha value is -2.00. The third kappa shape index (κ3) is 3.35. The Balaban J connectivity index is 1.72. The molecule has 2 aromatic rings. The van der Waals surface area contributed by atoms with Crippen LogP contribution in [-0.4, -0.2) is 46.7 Å². The highest BCUT2D eigenvalue weighted by atomic mass is 32.2. The van der Waals surface area contributed by atoms with Crippen molar-refractivity contribution in [3.63, 3.8) is 0 Å². The summed E-state index contributed by atoms with van der Waals surface area (Å²) in [6, 6.07) is 5.73. The number of aromatic nitrogens is 4. The van der Waals surface area contributed by atoms with Crippen molar-refractivity contribution in [2.24, 2.45) is 5.14 Å². The Morgan fingerprint density at radius 2 is 1.74 bits per heavy atom. The summed E-state index contributed by atoms with van der Waals surface area (Å²) in [6.45, 7) is 5.11. The lowest BCUT2D eigenvalue weighted by Crippen LogP contribution is -2.42. The average molecular weight is 336 g/mol. The molecule has 0 radical (unpaired) electrons. The summed E-state index contributed by atoms with van der Waals surface area (Å²) in [5, 5.41) is 17.6. The minimum absolute atomic E-state index is 0.458. The Kier molecular flexibility index (Phi) is 4.07. The first-order valence-corrected chi connectivity index (χ1v) is 9.09. The third-order valence-electron chi connectivity index (χ3n) is 4.09. The maximum atomic E-state index is 11.4. The van der Waals surface area contributed by atoms with E-state index < -0.39 is 15.3 Å². The molecule has 124 valence electrons. The number of hydrogen-bond donors (Lipinski definition) is 1. The average Bonchev–Trinajstić information content (AvgIpc) is 2.85. The number of primary sulfonamides is 1. The Bertz CT molecular complexity index is 791. The van der Waals surface area contributed by atoms with E-state index in [1.54, 1.807) is 4.68 Å². The van der Waals surface area contributed by atoms with E-state index >= 15 is 0 Å². The van der Waals surface area contributed by atoms with Crippen LogP contribution in [0.2, 0.25) is 0 Å². The fourth-order valence-electron chi connectivity index (χ4n) is 2.87. The van der Waals surface area contributed by atoms with Crippen LogP contribution in [0, 0.1) is 13.8 Å². The maximum absolute atomic E-state index is 11.4. The lowest BCUT2D eigenvalue weighted by molar-refractivity contribution is 0.528. The van der Waals surface area contributed by atoms with E-state index in [1.165, 1.54) is 0 Å². The third-order valence-corrected chi connectivity index (χ3v) is 5.49. The van der Waals surface area contributed by atoms with E-state index in [-0.39, 0.29) is 0 Å². The molecule has 3 rings (SSSR count). The summed E-state index contributed by atoms with van der Waals surface area (Å²) in [6.07, 6.45) is 1.03. The van der Waals surface area contributed by atoms with Gasteiger partial charge in [-0.15, -0.1) is 10.2 Å². The minimum atomic E-state index is -3.45. The van der Waals surface area contributed by atoms with E-state index in [0.717, 1.165) is 17.2 Å². The number of rotatable bonds is 3. The van der Waals surface area contributed by atoms with Gasteiger partial charge in [0.1, 0.15) is 0 Å². The van der Waals surface area contributed by atoms with E-state index in [0.29, 0.717) is 31.7 Å². The molecule has 0 unspecified atom stereocenters. The molecular formula is C14H20N6O2S. The zero-order chi connectivity index (χ0) is 16.6. The van der Waals surface area contributed by atoms with Crippen molar-refractivity contribution in [1.82, 2.24) is 20.0 Å². The summed E-state index contributed by atoms with van der Waals surface area (Å²) in [7, 11) is -3.45. The van der Waals surface area contributed by atoms with Crippen LogP contribution in [0.3, 0.4) is 0 Å². The molecule has 1 aliphatic heterocycles. The standard InChI is InChI=1S/C14H20N6O2S/c1-10-9-11(2)20(18-10)14-4-3-13(16-17-14)19-7-5-12(6-8-19)23(15,21)22/h3-4,9,12H,5-8H2,1-2H3,(H2,15,21,22). The van der Waals surface area contributed by atoms with Crippen molar-refractivity contribution in [2.75, 3.05) is 18.0 Å². The molecule has 1 aliphatic rings. The first kappa shape index (κ1) is 15.9. The van der Waals surface area contributed by atoms with Crippen molar-refractivity contribution in [3.8, 4) is 5.82 Å². The van der Waals surface area contributed by atoms with Gasteiger partial charge in [-0.1, -0.05) is 0 Å². The molecule has 2 aromatic heterocycles. The van der Waals surface area contributed by atoms with Gasteiger partial charge < -0.3 is 4.90 Å². The molecule has 1 saturated heterocycles. The van der Waals surface area contributed by atoms with Crippen LogP contribution in [0.1, 0.15) is 24.2 Å². The lowest BCUT2D eigenvalue weighted by atomic mass is 10.1. The van der Waals surface area contributed by atoms with Gasteiger partial charge in [-0.3, -0.25) is 0 Å². The number of aryl methyl sites for hydroxylation is 2. The quantitative estimate of drug-likeness (QED) is 0.876. The fraction of sp³-hybridized carbons (Fsp3) is 0.500. The number of nitrogens with two attached hydrogens (primary N) is 1. The lowest BCUT2D eigenvalue weighted by Gasteiger charge is -2.31. The Morgan fingerprint density at radius 3 is 2.22 bits per heavy atom. The minimum Gasteiger partial charge on any atom is -0.355 e. The van der Waals surface area contributed by atoms with Crippen LogP contribution in [-0.2, 0) is 10.0 Å². The van der Waals surface area contributed by atoms with Gasteiger partial charge in [0.05, 0.1) is 10.9 Å². The topological polar surface area (TPSA) is 107 Å². The molecule has 0 aliphatic carbocycles. The zero-order valence-electron chi connectivity index (χ0n) is 13.2. The highest BCUT2D eigenvalue weighted by Gasteiger charge is 2.27. The molecule has 23 heavy (non-hydrogen) atoms. The second-order valence-electron chi connectivity index (χ2n) is 5.86. The molecule has 9 heteroatoms. The first-order chi connectivity index (χ1) is 10.8. The molecule has 2 N–H and O–H groups in total. The van der Waals surface area contributed by atoms with Crippen molar-refractivity contribution in [1.29, 1.82) is 0 Å². The zero-order valence-corrected chi connectivity index (χ0v) is 14.0. The Morgan fingerprint density at radius 1 is 1.13 bits per heavy atom. The van der Waals surface area contributed by atoms with Crippen LogP contribution in [0.4, 0.5) is 5.82 Å². The van der Waals surface area contributed by atoms with Crippen LogP contribution in [0.15, 0.2) is 18.2 Å². The number of anilines is 1.